The second-order valence-electron chi connectivity index (χ2n) is 5.89. The topological polar surface area (TPSA) is 75.7 Å². The molecule has 2 unspecified atom stereocenters. The van der Waals surface area contributed by atoms with E-state index in [2.05, 4.69) is 5.32 Å². The number of rotatable bonds is 7. The zero-order chi connectivity index (χ0) is 16.9. The van der Waals surface area contributed by atoms with Crippen LogP contribution in [0.1, 0.15) is 31.4 Å². The Labute approximate surface area is 137 Å². The van der Waals surface area contributed by atoms with Gasteiger partial charge < -0.3 is 10.1 Å². The van der Waals surface area contributed by atoms with E-state index >= 15 is 0 Å². The Morgan fingerprint density at radius 1 is 1.39 bits per heavy atom. The molecule has 1 aliphatic rings. The van der Waals surface area contributed by atoms with Crippen molar-refractivity contribution in [3.8, 4) is 0 Å². The molecule has 6 nitrogen and oxygen atoms in total. The summed E-state index contributed by atoms with van der Waals surface area (Å²) in [6, 6.07) is 9.38. The lowest BCUT2D eigenvalue weighted by atomic mass is 10.1. The summed E-state index contributed by atoms with van der Waals surface area (Å²) >= 11 is 0. The van der Waals surface area contributed by atoms with E-state index in [1.165, 1.54) is 4.31 Å². The van der Waals surface area contributed by atoms with Gasteiger partial charge in [0.1, 0.15) is 0 Å². The minimum atomic E-state index is -3.46. The van der Waals surface area contributed by atoms with Gasteiger partial charge >= 0.3 is 0 Å². The normalized spacial score (nSPS) is 19.7. The lowest BCUT2D eigenvalue weighted by molar-refractivity contribution is -0.122. The van der Waals surface area contributed by atoms with Crippen LogP contribution in [0.3, 0.4) is 0 Å². The van der Waals surface area contributed by atoms with E-state index in [1.54, 1.807) is 0 Å². The van der Waals surface area contributed by atoms with Gasteiger partial charge in [-0.15, -0.1) is 0 Å². The van der Waals surface area contributed by atoms with E-state index in [0.29, 0.717) is 6.61 Å². The number of carbonyl (C=O) groups is 1. The van der Waals surface area contributed by atoms with Crippen molar-refractivity contribution in [1.82, 2.24) is 9.62 Å². The molecule has 2 atom stereocenters. The number of nitrogens with zero attached hydrogens (tertiary/aromatic N) is 1. The third-order valence-corrected chi connectivity index (χ3v) is 5.11. The van der Waals surface area contributed by atoms with Crippen LogP contribution in [0.2, 0.25) is 0 Å². The number of sulfonamides is 1. The number of carbonyl (C=O) groups excluding carboxylic acids is 1. The molecule has 128 valence electrons. The fraction of sp³-hybridized carbons (Fsp3) is 0.562. The summed E-state index contributed by atoms with van der Waals surface area (Å²) in [5.74, 6) is -0.315. The molecule has 1 aromatic rings. The predicted octanol–water partition coefficient (Wildman–Crippen LogP) is 1.30. The number of ether oxygens (including phenoxy) is 1. The zero-order valence-electron chi connectivity index (χ0n) is 13.6. The van der Waals surface area contributed by atoms with Gasteiger partial charge in [0.2, 0.25) is 15.9 Å². The van der Waals surface area contributed by atoms with Crippen LogP contribution in [-0.4, -0.2) is 50.7 Å². The Morgan fingerprint density at radius 2 is 2.09 bits per heavy atom. The third kappa shape index (κ3) is 5.60. The van der Waals surface area contributed by atoms with Crippen LogP contribution in [0, 0.1) is 0 Å². The van der Waals surface area contributed by atoms with Gasteiger partial charge in [0.15, 0.2) is 0 Å². The molecular weight excluding hydrogens is 316 g/mol. The first-order chi connectivity index (χ1) is 10.9. The second-order valence-corrected chi connectivity index (χ2v) is 7.87. The molecule has 0 radical (unpaired) electrons. The minimum absolute atomic E-state index is 0.121. The quantitative estimate of drug-likeness (QED) is 0.812. The molecule has 0 aliphatic carbocycles. The largest absolute Gasteiger partial charge is 0.377 e. The van der Waals surface area contributed by atoms with Crippen molar-refractivity contribution in [2.75, 3.05) is 26.0 Å². The van der Waals surface area contributed by atoms with Crippen LogP contribution in [0.25, 0.3) is 0 Å². The first-order valence-electron chi connectivity index (χ1n) is 7.77. The Balaban J connectivity index is 1.94. The molecule has 23 heavy (non-hydrogen) atoms. The monoisotopic (exact) mass is 340 g/mol. The number of benzene rings is 1. The van der Waals surface area contributed by atoms with Crippen molar-refractivity contribution in [2.24, 2.45) is 0 Å². The van der Waals surface area contributed by atoms with Crippen molar-refractivity contribution in [3.63, 3.8) is 0 Å². The van der Waals surface area contributed by atoms with Gasteiger partial charge in [-0.2, -0.15) is 4.31 Å². The van der Waals surface area contributed by atoms with E-state index in [4.69, 9.17) is 4.74 Å². The highest BCUT2D eigenvalue weighted by Crippen LogP contribution is 2.15. The van der Waals surface area contributed by atoms with E-state index < -0.39 is 10.0 Å². The Kier molecular flexibility index (Phi) is 6.15. The van der Waals surface area contributed by atoms with Crippen LogP contribution < -0.4 is 5.32 Å². The summed E-state index contributed by atoms with van der Waals surface area (Å²) in [6.45, 7) is 2.57. The number of amides is 1. The number of hydrogen-bond acceptors (Lipinski definition) is 4. The molecular formula is C16H24N2O4S. The molecule has 2 rings (SSSR count). The predicted molar refractivity (Wildman–Crippen MR) is 88.4 cm³/mol. The standard InChI is InChI=1S/C16H24N2O4S/c1-13(14-7-4-3-5-8-14)17-16(19)12-18(23(2,20)21)11-15-9-6-10-22-15/h3-5,7-8,13,15H,6,9-12H2,1-2H3,(H,17,19). The molecule has 1 amide bonds. The van der Waals surface area contributed by atoms with Gasteiger partial charge in [-0.05, 0) is 25.3 Å². The molecule has 1 heterocycles. The highest BCUT2D eigenvalue weighted by atomic mass is 32.2. The van der Waals surface area contributed by atoms with Gasteiger partial charge in [-0.1, -0.05) is 30.3 Å². The molecule has 0 spiro atoms. The molecule has 1 fully saturated rings. The van der Waals surface area contributed by atoms with Gasteiger partial charge in [0.05, 0.1) is 24.9 Å². The Bertz CT molecular complexity index is 612. The van der Waals surface area contributed by atoms with Crippen molar-refractivity contribution in [2.45, 2.75) is 31.9 Å². The summed E-state index contributed by atoms with van der Waals surface area (Å²) in [5, 5.41) is 2.84. The SMILES string of the molecule is CC(NC(=O)CN(CC1CCCO1)S(C)(=O)=O)c1ccccc1. The van der Waals surface area contributed by atoms with Gasteiger partial charge in [0, 0.05) is 13.2 Å². The highest BCUT2D eigenvalue weighted by molar-refractivity contribution is 7.88. The van der Waals surface area contributed by atoms with Gasteiger partial charge in [0.25, 0.3) is 0 Å². The zero-order valence-corrected chi connectivity index (χ0v) is 14.4. The number of hydrogen-bond donors (Lipinski definition) is 1. The smallest absolute Gasteiger partial charge is 0.235 e. The summed E-state index contributed by atoms with van der Waals surface area (Å²) in [6.07, 6.45) is 2.76. The summed E-state index contributed by atoms with van der Waals surface area (Å²) in [5.41, 5.74) is 0.978. The molecule has 0 saturated carbocycles. The van der Waals surface area contributed by atoms with Crippen molar-refractivity contribution in [3.05, 3.63) is 35.9 Å². The van der Waals surface area contributed by atoms with Crippen LogP contribution in [-0.2, 0) is 19.6 Å². The average Bonchev–Trinajstić information content (AvgIpc) is 2.99. The van der Waals surface area contributed by atoms with Crippen LogP contribution in [0.4, 0.5) is 0 Å². The van der Waals surface area contributed by atoms with E-state index in [1.807, 2.05) is 37.3 Å². The first kappa shape index (κ1) is 17.9. The van der Waals surface area contributed by atoms with Gasteiger partial charge in [-0.3, -0.25) is 4.79 Å². The number of nitrogens with one attached hydrogen (secondary N) is 1. The Hall–Kier alpha value is -1.44. The average molecular weight is 340 g/mol. The lowest BCUT2D eigenvalue weighted by Crippen LogP contribution is -2.44. The molecule has 0 aromatic heterocycles. The second kappa shape index (κ2) is 7.90. The lowest BCUT2D eigenvalue weighted by Gasteiger charge is -2.23. The van der Waals surface area contributed by atoms with E-state index in [0.717, 1.165) is 24.7 Å². The fourth-order valence-electron chi connectivity index (χ4n) is 2.60. The van der Waals surface area contributed by atoms with E-state index in [9.17, 15) is 13.2 Å². The van der Waals surface area contributed by atoms with Crippen molar-refractivity contribution < 1.29 is 17.9 Å². The molecule has 1 N–H and O–H groups in total. The molecule has 1 saturated heterocycles. The summed E-state index contributed by atoms with van der Waals surface area (Å²) in [4.78, 5) is 12.2. The van der Waals surface area contributed by atoms with E-state index in [-0.39, 0.29) is 31.1 Å². The third-order valence-electron chi connectivity index (χ3n) is 3.90. The van der Waals surface area contributed by atoms with Crippen LogP contribution in [0.15, 0.2) is 30.3 Å². The maximum absolute atomic E-state index is 12.2. The first-order valence-corrected chi connectivity index (χ1v) is 9.62. The van der Waals surface area contributed by atoms with Crippen molar-refractivity contribution in [1.29, 1.82) is 0 Å². The Morgan fingerprint density at radius 3 is 2.65 bits per heavy atom. The van der Waals surface area contributed by atoms with Crippen LogP contribution in [0.5, 0.6) is 0 Å². The summed E-state index contributed by atoms with van der Waals surface area (Å²) in [7, 11) is -3.46. The minimum Gasteiger partial charge on any atom is -0.377 e. The summed E-state index contributed by atoms with van der Waals surface area (Å²) < 4.78 is 30.5. The molecule has 1 aromatic carbocycles. The maximum atomic E-state index is 12.2. The van der Waals surface area contributed by atoms with Crippen molar-refractivity contribution >= 4 is 15.9 Å². The molecule has 7 heteroatoms. The highest BCUT2D eigenvalue weighted by Gasteiger charge is 2.26. The fourth-order valence-corrected chi connectivity index (χ4v) is 3.39. The molecule has 0 bridgehead atoms. The van der Waals surface area contributed by atoms with Gasteiger partial charge in [-0.25, -0.2) is 8.42 Å². The maximum Gasteiger partial charge on any atom is 0.235 e. The van der Waals surface area contributed by atoms with Crippen LogP contribution >= 0.6 is 0 Å². The molecule has 1 aliphatic heterocycles.